The van der Waals surface area contributed by atoms with E-state index in [9.17, 15) is 9.59 Å². The van der Waals surface area contributed by atoms with Gasteiger partial charge in [0.1, 0.15) is 24.7 Å². The van der Waals surface area contributed by atoms with Gasteiger partial charge in [-0.1, -0.05) is 62.4 Å². The zero-order valence-corrected chi connectivity index (χ0v) is 42.8. The van der Waals surface area contributed by atoms with Gasteiger partial charge in [0.2, 0.25) is 0 Å². The number of alkyl halides is 1. The second-order valence-electron chi connectivity index (χ2n) is 10.2. The van der Waals surface area contributed by atoms with Crippen molar-refractivity contribution < 1.29 is 29.1 Å². The number of hydrogen-bond donors (Lipinski definition) is 1. The first-order valence-electron chi connectivity index (χ1n) is 17.6. The number of aromatic carboxylic acids is 1. The molecule has 0 spiro atoms. The fraction of sp³-hybridized carbons (Fsp3) is 0.209. The summed E-state index contributed by atoms with van der Waals surface area (Å²) < 4.78 is 11.1. The molecule has 6 rings (SSSR count). The van der Waals surface area contributed by atoms with Crippen molar-refractivity contribution >= 4 is 94.3 Å². The number of carbonyl (C=O) groups is 2. The van der Waals surface area contributed by atoms with E-state index in [0.717, 1.165) is 22.7 Å². The van der Waals surface area contributed by atoms with Crippen LogP contribution in [-0.2, 0) is 24.6 Å². The standard InChI is InChI=1S/C19H16N2O2.C13H11NO3.C6H7N.2C2H6.CH3I.3HI.V/c22-19(13-15-8-11-20-12-9-15)16-4-6-18(7-5-16)23-14-17-3-1-2-10-21-17;15-13(16)10-4-6-12(7-5-10)17-9-11-3-1-2-8-14-11;1-6-2-4-7-5-3-6;3*1-2;;;;/h1-12H,13-14H2;1-8H,9H2,(H,15,16);2-5H,1H3;2*1-2H3;1H3;3*1H;/q;;;;;;;;;+3/p-3. The predicted octanol–water partition coefficient (Wildman–Crippen LogP) is 13.0. The van der Waals surface area contributed by atoms with E-state index in [-0.39, 0.29) is 16.3 Å². The number of benzene rings is 2. The molecule has 14 heteroatoms. The van der Waals surface area contributed by atoms with Gasteiger partial charge in [0.05, 0.1) is 17.0 Å². The van der Waals surface area contributed by atoms with Gasteiger partial charge in [-0.15, -0.1) is 0 Å². The first-order valence-corrected chi connectivity index (χ1v) is 33.3. The van der Waals surface area contributed by atoms with Crippen LogP contribution in [0.4, 0.5) is 0 Å². The number of carboxylic acid groups (broad SMARTS) is 1. The molecule has 9 nitrogen and oxygen atoms in total. The molecule has 0 aliphatic heterocycles. The van der Waals surface area contributed by atoms with Gasteiger partial charge in [-0.25, -0.2) is 4.79 Å². The molecule has 1 N–H and O–H groups in total. The number of rotatable bonds is 10. The van der Waals surface area contributed by atoms with Crippen LogP contribution in [0.25, 0.3) is 0 Å². The Hall–Kier alpha value is -2.72. The van der Waals surface area contributed by atoms with E-state index in [4.69, 9.17) is 14.6 Å². The molecule has 0 bridgehead atoms. The number of nitrogens with zero attached hydrogens (tertiary/aromatic N) is 4. The Labute approximate surface area is 389 Å². The number of aromatic nitrogens is 4. The van der Waals surface area contributed by atoms with E-state index in [1.807, 2.05) is 112 Å². The third-order valence-corrected chi connectivity index (χ3v) is 6.46. The van der Waals surface area contributed by atoms with Gasteiger partial charge in [-0.3, -0.25) is 24.7 Å². The van der Waals surface area contributed by atoms with Crippen molar-refractivity contribution in [2.45, 2.75) is 54.3 Å². The van der Waals surface area contributed by atoms with Gasteiger partial charge in [-0.05, 0) is 120 Å². The number of carbonyl (C=O) groups excluding carboxylic acids is 1. The zero-order valence-electron chi connectivity index (χ0n) is 32.8. The molecule has 6 aromatic rings. The van der Waals surface area contributed by atoms with Crippen molar-refractivity contribution in [1.29, 1.82) is 0 Å². The van der Waals surface area contributed by atoms with Gasteiger partial charge in [0.25, 0.3) is 0 Å². The number of ether oxygens (including phenoxy) is 2. The van der Waals surface area contributed by atoms with Crippen LogP contribution >= 0.6 is 82.5 Å². The summed E-state index contributed by atoms with van der Waals surface area (Å²) in [7, 11) is 0. The van der Waals surface area contributed by atoms with Crippen molar-refractivity contribution in [3.05, 3.63) is 180 Å². The van der Waals surface area contributed by atoms with Crippen LogP contribution in [0.5, 0.6) is 11.5 Å². The minimum atomic E-state index is -0.943. The molecule has 0 saturated heterocycles. The topological polar surface area (TPSA) is 124 Å². The Bertz CT molecular complexity index is 1850. The average Bonchev–Trinajstić information content (AvgIpc) is 3.26. The summed E-state index contributed by atoms with van der Waals surface area (Å²) in [5, 5.41) is 8.73. The number of hydrogen-bond acceptors (Lipinski definition) is 8. The number of carboxylic acids is 1. The van der Waals surface area contributed by atoms with Gasteiger partial charge in [0, 0.05) is 49.2 Å². The number of pyridine rings is 4. The molecule has 0 unspecified atom stereocenters. The van der Waals surface area contributed by atoms with Gasteiger partial charge in [-0.2, -0.15) is 0 Å². The molecule has 0 saturated carbocycles. The van der Waals surface area contributed by atoms with Gasteiger partial charge >= 0.3 is 70.8 Å². The summed E-state index contributed by atoms with van der Waals surface area (Å²) >= 11 is 9.54. The second-order valence-corrected chi connectivity index (χ2v) is 45.6. The average molecular weight is 1260 g/mol. The van der Waals surface area contributed by atoms with Crippen molar-refractivity contribution in [2.24, 2.45) is 0 Å². The molecule has 0 aliphatic rings. The molecular weight excluding hydrogens is 1210 g/mol. The molecule has 0 atom stereocenters. The normalized spacial score (nSPS) is 9.11. The molecule has 304 valence electrons. The predicted molar refractivity (Wildman–Crippen MR) is 263 cm³/mol. The van der Waals surface area contributed by atoms with E-state index in [0.29, 0.717) is 30.9 Å². The van der Waals surface area contributed by atoms with Crippen LogP contribution in [0, 0.1) is 6.92 Å². The first-order chi connectivity index (χ1) is 27.7. The van der Waals surface area contributed by atoms with E-state index < -0.39 is 5.97 Å². The Balaban J connectivity index is 0.000000804. The summed E-state index contributed by atoms with van der Waals surface area (Å²) in [6.45, 7) is 10.8. The third-order valence-electron chi connectivity index (χ3n) is 6.46. The Morgan fingerprint density at radius 1 is 0.579 bits per heavy atom. The summed E-state index contributed by atoms with van der Waals surface area (Å²) in [4.78, 5) is 40.7. The second kappa shape index (κ2) is 36.4. The zero-order chi connectivity index (χ0) is 42.7. The minimum absolute atomic E-state index is 0.0764. The number of halogens is 4. The van der Waals surface area contributed by atoms with Crippen molar-refractivity contribution in [1.82, 2.24) is 19.9 Å². The first kappa shape index (κ1) is 54.3. The van der Waals surface area contributed by atoms with Crippen LogP contribution in [0.2, 0.25) is 0 Å². The fourth-order valence-electron chi connectivity index (χ4n) is 3.93. The maximum atomic E-state index is 12.2. The molecule has 4 heterocycles. The SMILES string of the molecule is CC.CC.CI.Cc1ccncc1.O=C(Cc1ccncc1)c1ccc(OCc2ccccn2)cc1.O=C(O)c1ccc(OCc2ccccn2)cc1.[I][V]([I])[I]. The quantitative estimate of drug-likeness (QED) is 0.0811. The summed E-state index contributed by atoms with van der Waals surface area (Å²) in [5.41, 5.74) is 4.83. The maximum absolute atomic E-state index is 12.2. The van der Waals surface area contributed by atoms with Crippen LogP contribution in [-0.4, -0.2) is 41.7 Å². The van der Waals surface area contributed by atoms with Crippen LogP contribution < -0.4 is 9.47 Å². The molecule has 57 heavy (non-hydrogen) atoms. The monoisotopic (exact) mass is 1260 g/mol. The summed E-state index contributed by atoms with van der Waals surface area (Å²) in [6.07, 6.45) is 10.8. The molecule has 0 radical (unpaired) electrons. The number of Topliss-reactive ketones (excluding diaryl/α,β-unsaturated/α-hetero) is 1. The molecule has 4 aromatic heterocycles. The molecule has 0 fully saturated rings. The number of aryl methyl sites for hydroxylation is 1. The van der Waals surface area contributed by atoms with Crippen LogP contribution in [0.15, 0.2) is 146 Å². The molecule has 0 amide bonds. The van der Waals surface area contributed by atoms with Gasteiger partial charge in [0.15, 0.2) is 5.78 Å². The van der Waals surface area contributed by atoms with Crippen LogP contribution in [0.1, 0.15) is 70.9 Å². The fourth-order valence-corrected chi connectivity index (χ4v) is 3.93. The van der Waals surface area contributed by atoms with E-state index in [2.05, 4.69) is 102 Å². The molecule has 2 aromatic carbocycles. The Kier molecular flexibility index (Phi) is 34.6. The van der Waals surface area contributed by atoms with E-state index >= 15 is 0 Å². The Morgan fingerprint density at radius 2 is 0.965 bits per heavy atom. The van der Waals surface area contributed by atoms with Crippen molar-refractivity contribution in [3.63, 3.8) is 0 Å². The number of ketones is 1. The van der Waals surface area contributed by atoms with E-state index in [1.54, 1.807) is 61.4 Å². The third kappa shape index (κ3) is 27.6. The summed E-state index contributed by atoms with van der Waals surface area (Å²) in [5.74, 6) is 0.477. The molecule has 0 aliphatic carbocycles. The van der Waals surface area contributed by atoms with Gasteiger partial charge < -0.3 is 14.6 Å². The van der Waals surface area contributed by atoms with Crippen LogP contribution in [0.3, 0.4) is 0 Å². The van der Waals surface area contributed by atoms with Crippen molar-refractivity contribution in [2.75, 3.05) is 4.93 Å². The van der Waals surface area contributed by atoms with E-state index in [1.165, 1.54) is 17.7 Å². The summed E-state index contributed by atoms with van der Waals surface area (Å²) in [6, 6.07) is 32.4. The van der Waals surface area contributed by atoms with Crippen molar-refractivity contribution in [3.8, 4) is 11.5 Å². The molecular formula is C43H49I4N4O5V. The Morgan fingerprint density at radius 3 is 1.30 bits per heavy atom.